The zero-order chi connectivity index (χ0) is 9.35. The third-order valence-corrected chi connectivity index (χ3v) is 2.84. The summed E-state index contributed by atoms with van der Waals surface area (Å²) in [4.78, 5) is 0. The maximum atomic E-state index is 3.40. The highest BCUT2D eigenvalue weighted by atomic mass is 28.3. The van der Waals surface area contributed by atoms with Gasteiger partial charge in [0, 0.05) is 6.04 Å². The molecule has 2 heteroatoms. The predicted octanol–water partition coefficient (Wildman–Crippen LogP) is 1.86. The van der Waals surface area contributed by atoms with E-state index < -0.39 is 8.07 Å². The van der Waals surface area contributed by atoms with Crippen LogP contribution in [0.15, 0.2) is 0 Å². The predicted molar refractivity (Wildman–Crippen MR) is 56.7 cm³/mol. The van der Waals surface area contributed by atoms with E-state index in [4.69, 9.17) is 0 Å². The molecule has 0 aromatic carbocycles. The second-order valence-corrected chi connectivity index (χ2v) is 9.68. The number of hydrogen-bond donors (Lipinski definition) is 1. The maximum absolute atomic E-state index is 3.40. The van der Waals surface area contributed by atoms with Crippen molar-refractivity contribution in [2.75, 3.05) is 0 Å². The highest BCUT2D eigenvalue weighted by Gasteiger charge is 2.36. The number of hydrogen-bond acceptors (Lipinski definition) is 1. The molecule has 0 aromatic rings. The molecular formula is C10H19NSi. The molecule has 1 nitrogen and oxygen atoms in total. The highest BCUT2D eigenvalue weighted by Crippen LogP contribution is 2.18. The lowest BCUT2D eigenvalue weighted by Gasteiger charge is -2.03. The Morgan fingerprint density at radius 3 is 2.17 bits per heavy atom. The maximum Gasteiger partial charge on any atom is 0.129 e. The Bertz CT molecular complexity index is 216. The lowest BCUT2D eigenvalue weighted by Crippen LogP contribution is -2.17. The molecule has 0 saturated carbocycles. The summed E-state index contributed by atoms with van der Waals surface area (Å²) in [7, 11) is -1.15. The van der Waals surface area contributed by atoms with Gasteiger partial charge in [-0.25, -0.2) is 0 Å². The van der Waals surface area contributed by atoms with E-state index >= 15 is 0 Å². The zero-order valence-corrected chi connectivity index (χ0v) is 9.73. The third kappa shape index (κ3) is 3.00. The first-order chi connectivity index (χ1) is 5.40. The molecule has 1 aliphatic heterocycles. The van der Waals surface area contributed by atoms with Crippen LogP contribution in [0, 0.1) is 17.4 Å². The van der Waals surface area contributed by atoms with E-state index in [2.05, 4.69) is 50.3 Å². The Balaban J connectivity index is 2.40. The topological polar surface area (TPSA) is 21.9 Å². The van der Waals surface area contributed by atoms with Gasteiger partial charge in [-0.3, -0.25) is 5.32 Å². The quantitative estimate of drug-likeness (QED) is 0.372. The molecule has 0 bridgehead atoms. The Labute approximate surface area is 76.9 Å². The first-order valence-electron chi connectivity index (χ1n) is 4.69. The first kappa shape index (κ1) is 9.82. The van der Waals surface area contributed by atoms with Gasteiger partial charge in [0.25, 0.3) is 0 Å². The van der Waals surface area contributed by atoms with Gasteiger partial charge in [0.05, 0.1) is 6.04 Å². The molecule has 1 N–H and O–H groups in total. The van der Waals surface area contributed by atoms with Gasteiger partial charge in [0.15, 0.2) is 0 Å². The summed E-state index contributed by atoms with van der Waals surface area (Å²) in [5, 5.41) is 3.39. The molecule has 0 aliphatic carbocycles. The smallest absolute Gasteiger partial charge is 0.129 e. The summed E-state index contributed by atoms with van der Waals surface area (Å²) >= 11 is 0. The minimum absolute atomic E-state index is 0.497. The fourth-order valence-electron chi connectivity index (χ4n) is 1.15. The molecule has 0 spiro atoms. The molecule has 1 rings (SSSR count). The molecule has 0 unspecified atom stereocenters. The molecule has 0 amide bonds. The number of rotatable bonds is 1. The normalized spacial score (nSPS) is 28.2. The average Bonchev–Trinajstić information content (AvgIpc) is 2.59. The van der Waals surface area contributed by atoms with Gasteiger partial charge in [0.1, 0.15) is 8.07 Å². The second kappa shape index (κ2) is 3.24. The molecule has 12 heavy (non-hydrogen) atoms. The van der Waals surface area contributed by atoms with Crippen LogP contribution in [0.25, 0.3) is 0 Å². The minimum Gasteiger partial charge on any atom is -0.297 e. The molecule has 1 aliphatic rings. The van der Waals surface area contributed by atoms with Gasteiger partial charge in [-0.05, 0) is 5.92 Å². The summed E-state index contributed by atoms with van der Waals surface area (Å²) in [5.41, 5.74) is 3.40. The first-order valence-corrected chi connectivity index (χ1v) is 8.19. The molecule has 2 atom stereocenters. The van der Waals surface area contributed by atoms with Gasteiger partial charge >= 0.3 is 0 Å². The van der Waals surface area contributed by atoms with Crippen molar-refractivity contribution in [3.8, 4) is 11.5 Å². The van der Waals surface area contributed by atoms with Gasteiger partial charge in [-0.2, -0.15) is 0 Å². The van der Waals surface area contributed by atoms with E-state index in [0.29, 0.717) is 12.1 Å². The summed E-state index contributed by atoms with van der Waals surface area (Å²) in [6, 6.07) is 1.16. The Morgan fingerprint density at radius 1 is 1.25 bits per heavy atom. The van der Waals surface area contributed by atoms with Crippen LogP contribution in [0.5, 0.6) is 0 Å². The van der Waals surface area contributed by atoms with Gasteiger partial charge in [-0.15, -0.1) is 5.54 Å². The standard InChI is InChI=1S/C10H19NSi/c1-8(2)10-9(11-10)6-7-12(3,4)5/h8-11H,1-5H3/t9-,10-/m1/s1. The fraction of sp³-hybridized carbons (Fsp3) is 0.800. The van der Waals surface area contributed by atoms with Crippen molar-refractivity contribution in [3.05, 3.63) is 0 Å². The van der Waals surface area contributed by atoms with Crippen molar-refractivity contribution in [1.82, 2.24) is 5.32 Å². The fourth-order valence-corrected chi connectivity index (χ4v) is 1.74. The van der Waals surface area contributed by atoms with Gasteiger partial charge in [-0.1, -0.05) is 39.4 Å². The van der Waals surface area contributed by atoms with Crippen LogP contribution < -0.4 is 5.32 Å². The van der Waals surface area contributed by atoms with E-state index in [1.54, 1.807) is 0 Å². The van der Waals surface area contributed by atoms with Crippen LogP contribution in [0.2, 0.25) is 19.6 Å². The minimum atomic E-state index is -1.15. The monoisotopic (exact) mass is 181 g/mol. The van der Waals surface area contributed by atoms with Crippen molar-refractivity contribution in [2.45, 2.75) is 45.6 Å². The van der Waals surface area contributed by atoms with Crippen molar-refractivity contribution >= 4 is 8.07 Å². The largest absolute Gasteiger partial charge is 0.297 e. The van der Waals surface area contributed by atoms with Gasteiger partial charge < -0.3 is 0 Å². The molecule has 1 heterocycles. The molecular weight excluding hydrogens is 162 g/mol. The lowest BCUT2D eigenvalue weighted by molar-refractivity contribution is 0.627. The molecule has 1 fully saturated rings. The summed E-state index contributed by atoms with van der Waals surface area (Å²) in [6.07, 6.45) is 0. The van der Waals surface area contributed by atoms with E-state index in [1.165, 1.54) is 0 Å². The van der Waals surface area contributed by atoms with Crippen LogP contribution in [0.4, 0.5) is 0 Å². The Kier molecular flexibility index (Phi) is 2.65. The van der Waals surface area contributed by atoms with E-state index in [-0.39, 0.29) is 0 Å². The molecule has 0 aromatic heterocycles. The molecule has 1 saturated heterocycles. The zero-order valence-electron chi connectivity index (χ0n) is 8.73. The summed E-state index contributed by atoms with van der Waals surface area (Å²) in [6.45, 7) is 11.3. The number of nitrogens with one attached hydrogen (secondary N) is 1. The van der Waals surface area contributed by atoms with Crippen LogP contribution in [-0.4, -0.2) is 20.2 Å². The van der Waals surface area contributed by atoms with Crippen LogP contribution in [0.1, 0.15) is 13.8 Å². The molecule has 68 valence electrons. The van der Waals surface area contributed by atoms with E-state index in [1.807, 2.05) is 0 Å². The lowest BCUT2D eigenvalue weighted by atomic mass is 10.1. The van der Waals surface area contributed by atoms with Crippen LogP contribution in [-0.2, 0) is 0 Å². The van der Waals surface area contributed by atoms with Crippen molar-refractivity contribution in [2.24, 2.45) is 5.92 Å². The van der Waals surface area contributed by atoms with Crippen LogP contribution >= 0.6 is 0 Å². The second-order valence-electron chi connectivity index (χ2n) is 4.93. The van der Waals surface area contributed by atoms with Crippen LogP contribution in [0.3, 0.4) is 0 Å². The SMILES string of the molecule is CC(C)[C@H]1N[C@@H]1C#C[Si](C)(C)C. The van der Waals surface area contributed by atoms with E-state index in [9.17, 15) is 0 Å². The van der Waals surface area contributed by atoms with Crippen molar-refractivity contribution in [1.29, 1.82) is 0 Å². The van der Waals surface area contributed by atoms with Gasteiger partial charge in [0.2, 0.25) is 0 Å². The van der Waals surface area contributed by atoms with E-state index in [0.717, 1.165) is 5.92 Å². The molecule has 0 radical (unpaired) electrons. The Hall–Kier alpha value is -0.263. The van der Waals surface area contributed by atoms with Crippen molar-refractivity contribution in [3.63, 3.8) is 0 Å². The Morgan fingerprint density at radius 2 is 1.83 bits per heavy atom. The highest BCUT2D eigenvalue weighted by molar-refractivity contribution is 6.83. The summed E-state index contributed by atoms with van der Waals surface area (Å²) in [5.74, 6) is 4.06. The van der Waals surface area contributed by atoms with Crippen molar-refractivity contribution < 1.29 is 0 Å². The average molecular weight is 181 g/mol. The third-order valence-electron chi connectivity index (χ3n) is 1.94. The summed E-state index contributed by atoms with van der Waals surface area (Å²) < 4.78 is 0.